The molecule has 0 radical (unpaired) electrons. The molecule has 1 rings (SSSR count). The second-order valence-electron chi connectivity index (χ2n) is 4.66. The lowest BCUT2D eigenvalue weighted by Crippen LogP contribution is -2.26. The largest absolute Gasteiger partial charge is 0.496 e. The fraction of sp³-hybridized carbons (Fsp3) is 0.600. The van der Waals surface area contributed by atoms with Crippen LogP contribution in [0.3, 0.4) is 0 Å². The van der Waals surface area contributed by atoms with Gasteiger partial charge in [-0.2, -0.15) is 0 Å². The number of para-hydroxylation sites is 1. The van der Waals surface area contributed by atoms with Crippen molar-refractivity contribution in [2.75, 3.05) is 20.3 Å². The fourth-order valence-electron chi connectivity index (χ4n) is 2.11. The molecule has 0 aliphatic carbocycles. The van der Waals surface area contributed by atoms with Crippen LogP contribution in [0.2, 0.25) is 0 Å². The maximum atomic E-state index is 8.98. The van der Waals surface area contributed by atoms with Gasteiger partial charge in [-0.05, 0) is 31.9 Å². The van der Waals surface area contributed by atoms with Crippen molar-refractivity contribution < 1.29 is 9.84 Å². The van der Waals surface area contributed by atoms with E-state index in [4.69, 9.17) is 9.84 Å². The molecule has 1 aromatic carbocycles. The predicted octanol–water partition coefficient (Wildman–Crippen LogP) is 2.75. The van der Waals surface area contributed by atoms with Crippen molar-refractivity contribution in [3.05, 3.63) is 29.8 Å². The van der Waals surface area contributed by atoms with Crippen LogP contribution in [0, 0.1) is 5.92 Å². The molecule has 2 atom stereocenters. The molecule has 0 heterocycles. The van der Waals surface area contributed by atoms with Crippen LogP contribution < -0.4 is 10.1 Å². The number of hydrogen-bond donors (Lipinski definition) is 2. The summed E-state index contributed by atoms with van der Waals surface area (Å²) in [5, 5.41) is 12.5. The highest BCUT2D eigenvalue weighted by atomic mass is 16.5. The summed E-state index contributed by atoms with van der Waals surface area (Å²) < 4.78 is 5.37. The van der Waals surface area contributed by atoms with Crippen LogP contribution in [0.1, 0.15) is 38.3 Å². The Bertz CT molecular complexity index is 341. The average molecular weight is 251 g/mol. The molecule has 0 saturated carbocycles. The molecule has 0 aliphatic rings. The van der Waals surface area contributed by atoms with Crippen molar-refractivity contribution in [3.8, 4) is 5.75 Å². The van der Waals surface area contributed by atoms with E-state index in [-0.39, 0.29) is 12.6 Å². The van der Waals surface area contributed by atoms with E-state index in [1.165, 1.54) is 5.56 Å². The summed E-state index contributed by atoms with van der Waals surface area (Å²) in [4.78, 5) is 0. The van der Waals surface area contributed by atoms with Crippen LogP contribution in [0.5, 0.6) is 5.75 Å². The van der Waals surface area contributed by atoms with Crippen molar-refractivity contribution in [1.29, 1.82) is 0 Å². The van der Waals surface area contributed by atoms with E-state index in [1.807, 2.05) is 18.2 Å². The summed E-state index contributed by atoms with van der Waals surface area (Å²) >= 11 is 0. The van der Waals surface area contributed by atoms with Gasteiger partial charge in [-0.25, -0.2) is 0 Å². The number of benzene rings is 1. The lowest BCUT2D eigenvalue weighted by Gasteiger charge is -2.20. The van der Waals surface area contributed by atoms with E-state index in [0.717, 1.165) is 25.1 Å². The van der Waals surface area contributed by atoms with Gasteiger partial charge in [0.25, 0.3) is 0 Å². The highest BCUT2D eigenvalue weighted by Crippen LogP contribution is 2.24. The number of aliphatic hydroxyl groups is 1. The molecule has 18 heavy (non-hydrogen) atoms. The molecule has 2 N–H and O–H groups in total. The summed E-state index contributed by atoms with van der Waals surface area (Å²) in [7, 11) is 1.70. The number of rotatable bonds is 8. The highest BCUT2D eigenvalue weighted by molar-refractivity contribution is 5.35. The van der Waals surface area contributed by atoms with Crippen molar-refractivity contribution in [2.45, 2.75) is 32.7 Å². The maximum Gasteiger partial charge on any atom is 0.123 e. The Kier molecular flexibility index (Phi) is 6.76. The molecule has 0 saturated heterocycles. The van der Waals surface area contributed by atoms with Gasteiger partial charge in [0.2, 0.25) is 0 Å². The monoisotopic (exact) mass is 251 g/mol. The lowest BCUT2D eigenvalue weighted by molar-refractivity contribution is 0.249. The molecule has 0 aromatic heterocycles. The lowest BCUT2D eigenvalue weighted by atomic mass is 10.0. The van der Waals surface area contributed by atoms with Gasteiger partial charge in [-0.3, -0.25) is 0 Å². The Morgan fingerprint density at radius 3 is 2.67 bits per heavy atom. The summed E-state index contributed by atoms with van der Waals surface area (Å²) in [6.45, 7) is 5.50. The quantitative estimate of drug-likeness (QED) is 0.746. The van der Waals surface area contributed by atoms with Gasteiger partial charge in [-0.15, -0.1) is 0 Å². The minimum atomic E-state index is 0.258. The average Bonchev–Trinajstić information content (AvgIpc) is 2.42. The fourth-order valence-corrected chi connectivity index (χ4v) is 2.11. The Balaban J connectivity index is 2.56. The van der Waals surface area contributed by atoms with Crippen molar-refractivity contribution in [2.24, 2.45) is 5.92 Å². The molecule has 0 bridgehead atoms. The van der Waals surface area contributed by atoms with Gasteiger partial charge in [0.15, 0.2) is 0 Å². The third-order valence-electron chi connectivity index (χ3n) is 3.43. The third kappa shape index (κ3) is 4.31. The molecular weight excluding hydrogens is 226 g/mol. The summed E-state index contributed by atoms with van der Waals surface area (Å²) in [5.74, 6) is 1.46. The summed E-state index contributed by atoms with van der Waals surface area (Å²) in [6.07, 6.45) is 1.95. The summed E-state index contributed by atoms with van der Waals surface area (Å²) in [5.41, 5.74) is 1.18. The maximum absolute atomic E-state index is 8.98. The number of ether oxygens (including phenoxy) is 1. The molecule has 1 aromatic rings. The van der Waals surface area contributed by atoms with E-state index >= 15 is 0 Å². The second-order valence-corrected chi connectivity index (χ2v) is 4.66. The molecule has 102 valence electrons. The van der Waals surface area contributed by atoms with Gasteiger partial charge >= 0.3 is 0 Å². The van der Waals surface area contributed by atoms with Crippen LogP contribution in [-0.2, 0) is 0 Å². The highest BCUT2D eigenvalue weighted by Gasteiger charge is 2.12. The zero-order chi connectivity index (χ0) is 13.4. The standard InChI is InChI=1S/C15H25NO2/c1-4-13(9-10-17)11-16-12(2)14-7-5-6-8-15(14)18-3/h5-8,12-13,16-17H,4,9-11H2,1-3H3. The van der Waals surface area contributed by atoms with Gasteiger partial charge in [0.1, 0.15) is 5.75 Å². The minimum absolute atomic E-state index is 0.258. The first-order valence-electron chi connectivity index (χ1n) is 6.70. The van der Waals surface area contributed by atoms with E-state index in [9.17, 15) is 0 Å². The normalized spacial score (nSPS) is 14.2. The van der Waals surface area contributed by atoms with Crippen LogP contribution in [-0.4, -0.2) is 25.4 Å². The van der Waals surface area contributed by atoms with Crippen molar-refractivity contribution in [1.82, 2.24) is 5.32 Å². The van der Waals surface area contributed by atoms with Crippen LogP contribution in [0.15, 0.2) is 24.3 Å². The Morgan fingerprint density at radius 1 is 1.33 bits per heavy atom. The zero-order valence-electron chi connectivity index (χ0n) is 11.6. The van der Waals surface area contributed by atoms with Gasteiger partial charge in [-0.1, -0.05) is 31.5 Å². The molecule has 0 aliphatic heterocycles. The van der Waals surface area contributed by atoms with Crippen LogP contribution >= 0.6 is 0 Å². The number of hydrogen-bond acceptors (Lipinski definition) is 3. The second kappa shape index (κ2) is 8.11. The summed E-state index contributed by atoms with van der Waals surface area (Å²) in [6, 6.07) is 8.34. The first-order chi connectivity index (χ1) is 8.72. The van der Waals surface area contributed by atoms with Crippen LogP contribution in [0.25, 0.3) is 0 Å². The molecule has 2 unspecified atom stereocenters. The predicted molar refractivity (Wildman–Crippen MR) is 74.9 cm³/mol. The van der Waals surface area contributed by atoms with E-state index in [1.54, 1.807) is 7.11 Å². The molecule has 0 amide bonds. The molecule has 0 fully saturated rings. The third-order valence-corrected chi connectivity index (χ3v) is 3.43. The smallest absolute Gasteiger partial charge is 0.123 e. The van der Waals surface area contributed by atoms with Crippen molar-refractivity contribution in [3.63, 3.8) is 0 Å². The molecule has 3 heteroatoms. The molecular formula is C15H25NO2. The van der Waals surface area contributed by atoms with Crippen LogP contribution in [0.4, 0.5) is 0 Å². The first-order valence-corrected chi connectivity index (χ1v) is 6.70. The topological polar surface area (TPSA) is 41.5 Å². The van der Waals surface area contributed by atoms with Gasteiger partial charge in [0.05, 0.1) is 7.11 Å². The molecule has 3 nitrogen and oxygen atoms in total. The molecule has 0 spiro atoms. The first kappa shape index (κ1) is 15.0. The number of nitrogens with one attached hydrogen (secondary N) is 1. The van der Waals surface area contributed by atoms with E-state index in [0.29, 0.717) is 5.92 Å². The van der Waals surface area contributed by atoms with E-state index < -0.39 is 0 Å². The van der Waals surface area contributed by atoms with Gasteiger partial charge in [0, 0.05) is 18.2 Å². The number of aliphatic hydroxyl groups excluding tert-OH is 1. The van der Waals surface area contributed by atoms with E-state index in [2.05, 4.69) is 25.2 Å². The Morgan fingerprint density at radius 2 is 2.06 bits per heavy atom. The van der Waals surface area contributed by atoms with Gasteiger partial charge < -0.3 is 15.2 Å². The Labute approximate surface area is 110 Å². The zero-order valence-corrected chi connectivity index (χ0v) is 11.6. The number of methoxy groups -OCH3 is 1. The Hall–Kier alpha value is -1.06. The minimum Gasteiger partial charge on any atom is -0.496 e. The SMILES string of the molecule is CCC(CCO)CNC(C)c1ccccc1OC. The van der Waals surface area contributed by atoms with Crippen molar-refractivity contribution >= 4 is 0 Å².